The molecule has 1 fully saturated rings. The number of aliphatic hydroxyl groups excluding tert-OH is 5. The zero-order valence-electron chi connectivity index (χ0n) is 21.0. The van der Waals surface area contributed by atoms with Crippen LogP contribution in [0.2, 0.25) is 0 Å². The lowest BCUT2D eigenvalue weighted by Crippen LogP contribution is -2.60. The van der Waals surface area contributed by atoms with Gasteiger partial charge in [-0.1, -0.05) is 71.1 Å². The van der Waals surface area contributed by atoms with Gasteiger partial charge in [-0.25, -0.2) is 0 Å². The van der Waals surface area contributed by atoms with Gasteiger partial charge < -0.3 is 39.7 Å². The second-order valence-corrected chi connectivity index (χ2v) is 9.39. The van der Waals surface area contributed by atoms with Crippen molar-refractivity contribution in [3.63, 3.8) is 0 Å². The summed E-state index contributed by atoms with van der Waals surface area (Å²) in [7, 11) is 1.33. The monoisotopic (exact) mass is 492 g/mol. The molecule has 0 aliphatic carbocycles. The highest BCUT2D eigenvalue weighted by Crippen LogP contribution is 2.24. The summed E-state index contributed by atoms with van der Waals surface area (Å²) >= 11 is 0. The molecule has 9 nitrogen and oxygen atoms in total. The van der Waals surface area contributed by atoms with Crippen LogP contribution >= 0.6 is 0 Å². The topological polar surface area (TPSA) is 146 Å². The maximum Gasteiger partial charge on any atom is 0.306 e. The van der Waals surface area contributed by atoms with Crippen LogP contribution < -0.4 is 0 Å². The average Bonchev–Trinajstić information content (AvgIpc) is 2.83. The molecular formula is C25H48O9. The highest BCUT2D eigenvalue weighted by Gasteiger charge is 2.46. The minimum atomic E-state index is -1.41. The van der Waals surface area contributed by atoms with Crippen LogP contribution in [0, 0.1) is 0 Å². The first kappa shape index (κ1) is 31.2. The van der Waals surface area contributed by atoms with E-state index >= 15 is 0 Å². The Morgan fingerprint density at radius 2 is 1.38 bits per heavy atom. The van der Waals surface area contributed by atoms with Crippen molar-refractivity contribution < 1.29 is 44.5 Å². The van der Waals surface area contributed by atoms with Gasteiger partial charge in [-0.15, -0.1) is 0 Å². The fraction of sp³-hybridized carbons (Fsp3) is 0.960. The Bertz CT molecular complexity index is 517. The minimum absolute atomic E-state index is 0.165. The van der Waals surface area contributed by atoms with Crippen LogP contribution in [0.4, 0.5) is 0 Å². The number of hydrogen-bond donors (Lipinski definition) is 5. The summed E-state index contributed by atoms with van der Waals surface area (Å²) in [6.07, 6.45) is 5.07. The van der Waals surface area contributed by atoms with Crippen molar-refractivity contribution in [3.8, 4) is 0 Å². The van der Waals surface area contributed by atoms with E-state index in [4.69, 9.17) is 14.2 Å². The second-order valence-electron chi connectivity index (χ2n) is 9.39. The van der Waals surface area contributed by atoms with Crippen LogP contribution in [0.5, 0.6) is 0 Å². The average molecular weight is 493 g/mol. The molecule has 0 amide bonds. The fourth-order valence-corrected chi connectivity index (χ4v) is 4.25. The molecule has 0 bridgehead atoms. The van der Waals surface area contributed by atoms with E-state index in [-0.39, 0.29) is 6.42 Å². The molecule has 2 unspecified atom stereocenters. The number of hydrogen-bond acceptors (Lipinski definition) is 9. The van der Waals surface area contributed by atoms with Crippen molar-refractivity contribution in [2.24, 2.45) is 0 Å². The summed E-state index contributed by atoms with van der Waals surface area (Å²) in [5.41, 5.74) is 0. The summed E-state index contributed by atoms with van der Waals surface area (Å²) in [6, 6.07) is 0. The van der Waals surface area contributed by atoms with E-state index in [2.05, 4.69) is 6.92 Å². The molecule has 1 heterocycles. The predicted octanol–water partition coefficient (Wildman–Crippen LogP) is 2.19. The maximum atomic E-state index is 12.2. The number of rotatable bonds is 19. The van der Waals surface area contributed by atoms with E-state index in [1.54, 1.807) is 0 Å². The molecule has 0 aromatic heterocycles. The third-order valence-corrected chi connectivity index (χ3v) is 6.50. The van der Waals surface area contributed by atoms with Gasteiger partial charge in [-0.2, -0.15) is 0 Å². The van der Waals surface area contributed by atoms with Crippen molar-refractivity contribution in [2.75, 3.05) is 13.7 Å². The molecule has 0 saturated carbocycles. The van der Waals surface area contributed by atoms with Crippen LogP contribution in [0.15, 0.2) is 0 Å². The number of ether oxygens (including phenoxy) is 3. The molecule has 1 rings (SSSR count). The summed E-state index contributed by atoms with van der Waals surface area (Å²) < 4.78 is 15.7. The van der Waals surface area contributed by atoms with Gasteiger partial charge in [0.2, 0.25) is 0 Å². The molecule has 0 aromatic carbocycles. The van der Waals surface area contributed by atoms with E-state index in [9.17, 15) is 30.3 Å². The highest BCUT2D eigenvalue weighted by molar-refractivity contribution is 5.69. The molecule has 0 radical (unpaired) electrons. The van der Waals surface area contributed by atoms with Gasteiger partial charge in [0.05, 0.1) is 18.8 Å². The number of methoxy groups -OCH3 is 1. The Balaban J connectivity index is 2.11. The molecule has 1 aliphatic heterocycles. The normalized spacial score (nSPS) is 26.9. The van der Waals surface area contributed by atoms with E-state index in [1.165, 1.54) is 32.8 Å². The largest absolute Gasteiger partial charge is 0.454 e. The zero-order valence-corrected chi connectivity index (χ0v) is 21.0. The summed E-state index contributed by atoms with van der Waals surface area (Å²) in [4.78, 5) is 12.2. The Hall–Kier alpha value is -0.810. The van der Waals surface area contributed by atoms with Crippen molar-refractivity contribution in [3.05, 3.63) is 0 Å². The van der Waals surface area contributed by atoms with E-state index in [0.717, 1.165) is 38.5 Å². The minimum Gasteiger partial charge on any atom is -0.454 e. The first-order valence-electron chi connectivity index (χ1n) is 13.1. The molecule has 34 heavy (non-hydrogen) atoms. The number of carbonyl (C=O) groups is 1. The van der Waals surface area contributed by atoms with Crippen LogP contribution in [0.25, 0.3) is 0 Å². The van der Waals surface area contributed by atoms with E-state index < -0.39 is 55.5 Å². The fourth-order valence-electron chi connectivity index (χ4n) is 4.25. The number of unbranched alkanes of at least 4 members (excludes halogenated alkanes) is 9. The number of carbonyl (C=O) groups excluding carboxylic acids is 1. The summed E-state index contributed by atoms with van der Waals surface area (Å²) in [5.74, 6) is -0.516. The Labute approximate surface area is 204 Å². The van der Waals surface area contributed by atoms with Crippen LogP contribution in [0.3, 0.4) is 0 Å². The highest BCUT2D eigenvalue weighted by atomic mass is 16.7. The van der Waals surface area contributed by atoms with Gasteiger partial charge in [0.1, 0.15) is 18.3 Å². The summed E-state index contributed by atoms with van der Waals surface area (Å²) in [6.45, 7) is 1.70. The van der Waals surface area contributed by atoms with Gasteiger partial charge in [0, 0.05) is 13.5 Å². The van der Waals surface area contributed by atoms with Gasteiger partial charge >= 0.3 is 5.97 Å². The molecule has 9 heteroatoms. The zero-order chi connectivity index (χ0) is 25.3. The van der Waals surface area contributed by atoms with Gasteiger partial charge in [0.15, 0.2) is 12.4 Å². The van der Waals surface area contributed by atoms with Gasteiger partial charge in [-0.3, -0.25) is 4.79 Å². The van der Waals surface area contributed by atoms with E-state index in [1.807, 2.05) is 0 Å². The molecule has 1 saturated heterocycles. The number of esters is 1. The smallest absolute Gasteiger partial charge is 0.306 e. The maximum absolute atomic E-state index is 12.2. The van der Waals surface area contributed by atoms with Gasteiger partial charge in [-0.05, 0) is 19.3 Å². The van der Waals surface area contributed by atoms with Crippen molar-refractivity contribution in [1.29, 1.82) is 0 Å². The van der Waals surface area contributed by atoms with E-state index in [0.29, 0.717) is 19.3 Å². The molecule has 5 N–H and O–H groups in total. The molecule has 7 atom stereocenters. The summed E-state index contributed by atoms with van der Waals surface area (Å²) in [5, 5.41) is 49.6. The van der Waals surface area contributed by atoms with Crippen LogP contribution in [-0.4, -0.2) is 88.1 Å². The first-order chi connectivity index (χ1) is 16.3. The number of aliphatic hydroxyl groups is 5. The molecular weight excluding hydrogens is 444 g/mol. The predicted molar refractivity (Wildman–Crippen MR) is 127 cm³/mol. The lowest BCUT2D eigenvalue weighted by Gasteiger charge is -2.40. The molecule has 1 aliphatic rings. The van der Waals surface area contributed by atoms with Crippen molar-refractivity contribution in [1.82, 2.24) is 0 Å². The Morgan fingerprint density at radius 1 is 0.853 bits per heavy atom. The molecule has 0 aromatic rings. The second kappa shape index (κ2) is 18.5. The Kier molecular flexibility index (Phi) is 16.9. The van der Waals surface area contributed by atoms with Crippen molar-refractivity contribution >= 4 is 5.97 Å². The van der Waals surface area contributed by atoms with Gasteiger partial charge in [0.25, 0.3) is 0 Å². The molecule has 202 valence electrons. The third-order valence-electron chi connectivity index (χ3n) is 6.50. The lowest BCUT2D eigenvalue weighted by atomic mass is 9.99. The van der Waals surface area contributed by atoms with Crippen molar-refractivity contribution in [2.45, 2.75) is 140 Å². The van der Waals surface area contributed by atoms with Crippen LogP contribution in [-0.2, 0) is 19.0 Å². The van der Waals surface area contributed by atoms with Crippen LogP contribution in [0.1, 0.15) is 96.8 Å². The first-order valence-corrected chi connectivity index (χ1v) is 13.1. The molecule has 0 spiro atoms. The lowest BCUT2D eigenvalue weighted by molar-refractivity contribution is -0.298. The standard InChI is InChI=1S/C25H48O9/c1-3-4-5-6-8-11-14-18(27)19(28)15-12-9-7-10-13-16-21(29)34-24-23(31)22(30)20(17-26)33-25(24)32-2/h18-20,22-28,30-31H,3-17H2,1-2H3/t18?,19?,20-,22-,23+,24-,25+/m1/s1. The third kappa shape index (κ3) is 11.7. The Morgan fingerprint density at radius 3 is 1.91 bits per heavy atom. The quantitative estimate of drug-likeness (QED) is 0.135. The SMILES string of the molecule is CCCCCCCCC(O)C(O)CCCCCCCC(=O)O[C@H]1[C@@H](OC)O[C@H](CO)[C@@H](O)[C@@H]1O.